The Labute approximate surface area is 130 Å². The molecule has 0 saturated carbocycles. The molecule has 0 bridgehead atoms. The fourth-order valence-corrected chi connectivity index (χ4v) is 1.91. The van der Waals surface area contributed by atoms with Crippen LogP contribution in [0.25, 0.3) is 0 Å². The number of hydrogen-bond acceptors (Lipinski definition) is 3. The van der Waals surface area contributed by atoms with Crippen LogP contribution in [0.15, 0.2) is 48.5 Å². The Morgan fingerprint density at radius 2 is 1.14 bits per heavy atom. The van der Waals surface area contributed by atoms with Crippen LogP contribution in [0.3, 0.4) is 0 Å². The summed E-state index contributed by atoms with van der Waals surface area (Å²) in [5.74, 6) is 1.60. The first-order chi connectivity index (χ1) is 10.7. The van der Waals surface area contributed by atoms with E-state index >= 15 is 0 Å². The summed E-state index contributed by atoms with van der Waals surface area (Å²) in [6.45, 7) is 0.941. The summed E-state index contributed by atoms with van der Waals surface area (Å²) < 4.78 is 10.2. The van der Waals surface area contributed by atoms with E-state index in [1.807, 2.05) is 48.5 Å². The summed E-state index contributed by atoms with van der Waals surface area (Å²) in [5.41, 5.74) is 2.03. The van der Waals surface area contributed by atoms with Gasteiger partial charge in [0.15, 0.2) is 0 Å². The molecule has 5 nitrogen and oxygen atoms in total. The summed E-state index contributed by atoms with van der Waals surface area (Å²) in [6.07, 6.45) is 0. The Kier molecular flexibility index (Phi) is 5.65. The zero-order valence-electron chi connectivity index (χ0n) is 12.8. The number of carbonyl (C=O) groups is 1. The van der Waals surface area contributed by atoms with E-state index in [9.17, 15) is 4.79 Å². The highest BCUT2D eigenvalue weighted by Gasteiger charge is 2.01. The van der Waals surface area contributed by atoms with Crippen LogP contribution in [0.4, 0.5) is 4.79 Å². The van der Waals surface area contributed by atoms with Gasteiger partial charge >= 0.3 is 6.03 Å². The number of nitrogens with one attached hydrogen (secondary N) is 2. The Morgan fingerprint density at radius 3 is 1.45 bits per heavy atom. The van der Waals surface area contributed by atoms with Gasteiger partial charge in [-0.3, -0.25) is 0 Å². The van der Waals surface area contributed by atoms with E-state index in [0.29, 0.717) is 13.1 Å². The number of carbonyl (C=O) groups excluding carboxylic acids is 1. The Morgan fingerprint density at radius 1 is 0.773 bits per heavy atom. The van der Waals surface area contributed by atoms with Gasteiger partial charge < -0.3 is 20.1 Å². The van der Waals surface area contributed by atoms with E-state index in [0.717, 1.165) is 22.6 Å². The Hall–Kier alpha value is -2.69. The topological polar surface area (TPSA) is 59.6 Å². The van der Waals surface area contributed by atoms with Crippen molar-refractivity contribution in [3.05, 3.63) is 59.7 Å². The van der Waals surface area contributed by atoms with Crippen LogP contribution in [-0.4, -0.2) is 20.3 Å². The normalized spacial score (nSPS) is 9.91. The van der Waals surface area contributed by atoms with E-state index in [2.05, 4.69) is 10.6 Å². The standard InChI is InChI=1S/C17H20N2O3/c1-21-15-7-3-13(4-8-15)11-18-17(20)19-12-14-5-9-16(22-2)10-6-14/h3-10H,11-12H2,1-2H3,(H2,18,19,20). The lowest BCUT2D eigenvalue weighted by atomic mass is 10.2. The molecular formula is C17H20N2O3. The maximum absolute atomic E-state index is 11.8. The summed E-state index contributed by atoms with van der Waals surface area (Å²) in [7, 11) is 3.25. The third-order valence-electron chi connectivity index (χ3n) is 3.22. The van der Waals surface area contributed by atoms with Gasteiger partial charge in [-0.05, 0) is 35.4 Å². The lowest BCUT2D eigenvalue weighted by molar-refractivity contribution is 0.240. The monoisotopic (exact) mass is 300 g/mol. The third-order valence-corrected chi connectivity index (χ3v) is 3.22. The smallest absolute Gasteiger partial charge is 0.315 e. The molecule has 0 heterocycles. The molecule has 22 heavy (non-hydrogen) atoms. The molecule has 0 fully saturated rings. The average molecular weight is 300 g/mol. The van der Waals surface area contributed by atoms with Gasteiger partial charge in [-0.15, -0.1) is 0 Å². The number of urea groups is 1. The summed E-state index contributed by atoms with van der Waals surface area (Å²) >= 11 is 0. The van der Waals surface area contributed by atoms with Gasteiger partial charge in [0.25, 0.3) is 0 Å². The van der Waals surface area contributed by atoms with Gasteiger partial charge in [-0.2, -0.15) is 0 Å². The molecule has 0 unspecified atom stereocenters. The lowest BCUT2D eigenvalue weighted by Gasteiger charge is -2.09. The predicted molar refractivity (Wildman–Crippen MR) is 85.1 cm³/mol. The first-order valence-electron chi connectivity index (χ1n) is 6.99. The lowest BCUT2D eigenvalue weighted by Crippen LogP contribution is -2.34. The van der Waals surface area contributed by atoms with Crippen molar-refractivity contribution in [3.8, 4) is 11.5 Å². The van der Waals surface area contributed by atoms with Gasteiger partial charge in [0, 0.05) is 13.1 Å². The summed E-state index contributed by atoms with van der Waals surface area (Å²) in [5, 5.41) is 5.63. The highest BCUT2D eigenvalue weighted by molar-refractivity contribution is 5.73. The molecule has 5 heteroatoms. The van der Waals surface area contributed by atoms with Crippen molar-refractivity contribution >= 4 is 6.03 Å². The second-order valence-electron chi connectivity index (χ2n) is 4.73. The second kappa shape index (κ2) is 7.93. The van der Waals surface area contributed by atoms with Gasteiger partial charge in [0.1, 0.15) is 11.5 Å². The van der Waals surface area contributed by atoms with Crippen molar-refractivity contribution in [1.29, 1.82) is 0 Å². The van der Waals surface area contributed by atoms with Crippen molar-refractivity contribution in [2.75, 3.05) is 14.2 Å². The van der Waals surface area contributed by atoms with Crippen LogP contribution in [0.5, 0.6) is 11.5 Å². The molecular weight excluding hydrogens is 280 g/mol. The molecule has 2 amide bonds. The first-order valence-corrected chi connectivity index (χ1v) is 6.99. The van der Waals surface area contributed by atoms with Gasteiger partial charge in [-0.1, -0.05) is 24.3 Å². The maximum Gasteiger partial charge on any atom is 0.315 e. The predicted octanol–water partition coefficient (Wildman–Crippen LogP) is 2.70. The Balaban J connectivity index is 1.74. The van der Waals surface area contributed by atoms with Crippen LogP contribution >= 0.6 is 0 Å². The molecule has 0 aliphatic rings. The van der Waals surface area contributed by atoms with Gasteiger partial charge in [0.05, 0.1) is 14.2 Å². The number of hydrogen-bond donors (Lipinski definition) is 2. The van der Waals surface area contributed by atoms with Crippen LogP contribution < -0.4 is 20.1 Å². The molecule has 2 aromatic rings. The Bertz CT molecular complexity index is 541. The van der Waals surface area contributed by atoms with Crippen LogP contribution in [0.1, 0.15) is 11.1 Å². The quantitative estimate of drug-likeness (QED) is 0.862. The molecule has 0 saturated heterocycles. The maximum atomic E-state index is 11.8. The number of methoxy groups -OCH3 is 2. The fourth-order valence-electron chi connectivity index (χ4n) is 1.91. The first kappa shape index (κ1) is 15.7. The second-order valence-corrected chi connectivity index (χ2v) is 4.73. The van der Waals surface area contributed by atoms with Crippen molar-refractivity contribution in [2.24, 2.45) is 0 Å². The summed E-state index contributed by atoms with van der Waals surface area (Å²) in [6, 6.07) is 14.9. The van der Waals surface area contributed by atoms with Crippen molar-refractivity contribution < 1.29 is 14.3 Å². The van der Waals surface area contributed by atoms with E-state index in [1.54, 1.807) is 14.2 Å². The SMILES string of the molecule is COc1ccc(CNC(=O)NCc2ccc(OC)cc2)cc1. The highest BCUT2D eigenvalue weighted by atomic mass is 16.5. The molecule has 0 aromatic heterocycles. The largest absolute Gasteiger partial charge is 0.497 e. The van der Waals surface area contributed by atoms with E-state index < -0.39 is 0 Å². The van der Waals surface area contributed by atoms with E-state index in [4.69, 9.17) is 9.47 Å². The molecule has 0 spiro atoms. The molecule has 2 rings (SSSR count). The molecule has 0 radical (unpaired) electrons. The molecule has 116 valence electrons. The molecule has 0 aliphatic carbocycles. The average Bonchev–Trinajstić information content (AvgIpc) is 2.59. The minimum Gasteiger partial charge on any atom is -0.497 e. The van der Waals surface area contributed by atoms with Gasteiger partial charge in [-0.25, -0.2) is 4.79 Å². The molecule has 2 aromatic carbocycles. The number of amides is 2. The fraction of sp³-hybridized carbons (Fsp3) is 0.235. The van der Waals surface area contributed by atoms with Gasteiger partial charge in [0.2, 0.25) is 0 Å². The van der Waals surface area contributed by atoms with Crippen molar-refractivity contribution in [3.63, 3.8) is 0 Å². The molecule has 0 aliphatic heterocycles. The minimum absolute atomic E-state index is 0.202. The molecule has 2 N–H and O–H groups in total. The number of ether oxygens (including phenoxy) is 2. The molecule has 0 atom stereocenters. The van der Waals surface area contributed by atoms with Crippen LogP contribution in [0, 0.1) is 0 Å². The van der Waals surface area contributed by atoms with E-state index in [-0.39, 0.29) is 6.03 Å². The van der Waals surface area contributed by atoms with Crippen LogP contribution in [0.2, 0.25) is 0 Å². The van der Waals surface area contributed by atoms with Crippen molar-refractivity contribution in [2.45, 2.75) is 13.1 Å². The zero-order valence-corrected chi connectivity index (χ0v) is 12.8. The van der Waals surface area contributed by atoms with Crippen LogP contribution in [-0.2, 0) is 13.1 Å². The third kappa shape index (κ3) is 4.70. The number of benzene rings is 2. The highest BCUT2D eigenvalue weighted by Crippen LogP contribution is 2.11. The minimum atomic E-state index is -0.202. The van der Waals surface area contributed by atoms with E-state index in [1.165, 1.54) is 0 Å². The number of rotatable bonds is 6. The van der Waals surface area contributed by atoms with Crippen molar-refractivity contribution in [1.82, 2.24) is 10.6 Å². The zero-order chi connectivity index (χ0) is 15.8. The summed E-state index contributed by atoms with van der Waals surface area (Å²) in [4.78, 5) is 11.8.